The molecular formula is C16H14Cl2N2O3S. The molecule has 0 aliphatic rings. The molecule has 2 rings (SSSR count). The summed E-state index contributed by atoms with van der Waals surface area (Å²) in [7, 11) is -3.58. The molecule has 1 amide bonds. The van der Waals surface area contributed by atoms with E-state index in [2.05, 4.69) is 5.32 Å². The average molecular weight is 385 g/mol. The Balaban J connectivity index is 1.99. The van der Waals surface area contributed by atoms with Crippen LogP contribution in [0.1, 0.15) is 11.1 Å². The Kier molecular flexibility index (Phi) is 6.01. The number of amides is 1. The van der Waals surface area contributed by atoms with E-state index in [1.54, 1.807) is 48.5 Å². The largest absolute Gasteiger partial charge is 0.323 e. The van der Waals surface area contributed by atoms with Gasteiger partial charge in [-0.1, -0.05) is 41.4 Å². The minimum atomic E-state index is -3.58. The van der Waals surface area contributed by atoms with Crippen LogP contribution in [0.5, 0.6) is 0 Å². The summed E-state index contributed by atoms with van der Waals surface area (Å²) < 4.78 is 22.0. The third-order valence-electron chi connectivity index (χ3n) is 2.96. The SMILES string of the molecule is NS(=O)(=O)Cc1ccc(NC(=O)/C=C/c2ccc(Cl)c(Cl)c2)cc1. The highest BCUT2D eigenvalue weighted by molar-refractivity contribution is 7.88. The van der Waals surface area contributed by atoms with E-state index in [9.17, 15) is 13.2 Å². The number of halogens is 2. The van der Waals surface area contributed by atoms with Crippen molar-refractivity contribution in [1.82, 2.24) is 0 Å². The van der Waals surface area contributed by atoms with Crippen LogP contribution in [0.25, 0.3) is 6.08 Å². The highest BCUT2D eigenvalue weighted by atomic mass is 35.5. The second-order valence-electron chi connectivity index (χ2n) is 5.00. The Bertz CT molecular complexity index is 879. The number of anilines is 1. The van der Waals surface area contributed by atoms with Crippen LogP contribution in [0, 0.1) is 0 Å². The van der Waals surface area contributed by atoms with Gasteiger partial charge in [0.05, 0.1) is 15.8 Å². The van der Waals surface area contributed by atoms with Gasteiger partial charge in [0.15, 0.2) is 0 Å². The minimum Gasteiger partial charge on any atom is -0.323 e. The third-order valence-corrected chi connectivity index (χ3v) is 4.43. The predicted molar refractivity (Wildman–Crippen MR) is 97.4 cm³/mol. The fourth-order valence-electron chi connectivity index (χ4n) is 1.89. The fraction of sp³-hybridized carbons (Fsp3) is 0.0625. The Hall–Kier alpha value is -1.86. The molecule has 0 aliphatic carbocycles. The van der Waals surface area contributed by atoms with Crippen molar-refractivity contribution in [3.8, 4) is 0 Å². The molecule has 0 saturated heterocycles. The van der Waals surface area contributed by atoms with Gasteiger partial charge >= 0.3 is 0 Å². The first-order chi connectivity index (χ1) is 11.2. The van der Waals surface area contributed by atoms with Crippen LogP contribution < -0.4 is 10.5 Å². The summed E-state index contributed by atoms with van der Waals surface area (Å²) in [6.45, 7) is 0. The molecule has 2 aromatic carbocycles. The molecule has 0 saturated carbocycles. The molecule has 8 heteroatoms. The lowest BCUT2D eigenvalue weighted by Crippen LogP contribution is -2.14. The molecule has 0 unspecified atom stereocenters. The lowest BCUT2D eigenvalue weighted by molar-refractivity contribution is -0.111. The van der Waals surface area contributed by atoms with Crippen LogP contribution in [0.4, 0.5) is 5.69 Å². The molecule has 126 valence electrons. The van der Waals surface area contributed by atoms with Gasteiger partial charge in [-0.2, -0.15) is 0 Å². The lowest BCUT2D eigenvalue weighted by Gasteiger charge is -2.04. The second-order valence-corrected chi connectivity index (χ2v) is 7.43. The summed E-state index contributed by atoms with van der Waals surface area (Å²) >= 11 is 11.7. The van der Waals surface area contributed by atoms with Gasteiger partial charge in [0.25, 0.3) is 0 Å². The number of primary sulfonamides is 1. The molecule has 0 fully saturated rings. The Morgan fingerprint density at radius 1 is 1.08 bits per heavy atom. The Morgan fingerprint density at radius 2 is 1.75 bits per heavy atom. The van der Waals surface area contributed by atoms with Gasteiger partial charge in [-0.15, -0.1) is 0 Å². The minimum absolute atomic E-state index is 0.252. The zero-order valence-electron chi connectivity index (χ0n) is 12.4. The van der Waals surface area contributed by atoms with Gasteiger partial charge in [-0.25, -0.2) is 13.6 Å². The Labute approximate surface area is 150 Å². The summed E-state index contributed by atoms with van der Waals surface area (Å²) in [5, 5.41) is 8.49. The highest BCUT2D eigenvalue weighted by Gasteiger charge is 2.05. The zero-order chi connectivity index (χ0) is 17.7. The Morgan fingerprint density at radius 3 is 2.33 bits per heavy atom. The smallest absolute Gasteiger partial charge is 0.248 e. The molecule has 0 atom stereocenters. The molecule has 3 N–H and O–H groups in total. The third kappa shape index (κ3) is 5.98. The first-order valence-corrected chi connectivity index (χ1v) is 9.23. The molecular weight excluding hydrogens is 371 g/mol. The van der Waals surface area contributed by atoms with Crippen molar-refractivity contribution in [3.05, 3.63) is 69.7 Å². The molecule has 0 aliphatic heterocycles. The number of nitrogens with two attached hydrogens (primary N) is 1. The maximum absolute atomic E-state index is 11.9. The van der Waals surface area contributed by atoms with E-state index in [0.29, 0.717) is 21.3 Å². The number of rotatable bonds is 5. The van der Waals surface area contributed by atoms with E-state index in [1.165, 1.54) is 6.08 Å². The summed E-state index contributed by atoms with van der Waals surface area (Å²) in [6.07, 6.45) is 2.96. The fourth-order valence-corrected chi connectivity index (χ4v) is 2.85. The maximum Gasteiger partial charge on any atom is 0.248 e. The number of carbonyl (C=O) groups excluding carboxylic acids is 1. The van der Waals surface area contributed by atoms with Gasteiger partial charge in [-0.3, -0.25) is 4.79 Å². The highest BCUT2D eigenvalue weighted by Crippen LogP contribution is 2.23. The van der Waals surface area contributed by atoms with Crippen LogP contribution >= 0.6 is 23.2 Å². The molecule has 5 nitrogen and oxygen atoms in total. The van der Waals surface area contributed by atoms with Crippen LogP contribution in [0.2, 0.25) is 10.0 Å². The molecule has 24 heavy (non-hydrogen) atoms. The van der Waals surface area contributed by atoms with Crippen molar-refractivity contribution < 1.29 is 13.2 Å². The number of hydrogen-bond donors (Lipinski definition) is 2. The van der Waals surface area contributed by atoms with Crippen molar-refractivity contribution >= 4 is 50.9 Å². The zero-order valence-corrected chi connectivity index (χ0v) is 14.7. The summed E-state index contributed by atoms with van der Waals surface area (Å²) in [5.41, 5.74) is 1.82. The van der Waals surface area contributed by atoms with Crippen LogP contribution in [0.3, 0.4) is 0 Å². The normalized spacial score (nSPS) is 11.6. The molecule has 0 heterocycles. The van der Waals surface area contributed by atoms with Gasteiger partial charge in [-0.05, 0) is 41.5 Å². The second kappa shape index (κ2) is 7.81. The molecule has 0 spiro atoms. The van der Waals surface area contributed by atoms with Crippen molar-refractivity contribution in [3.63, 3.8) is 0 Å². The number of carbonyl (C=O) groups is 1. The van der Waals surface area contributed by atoms with Gasteiger partial charge in [0.1, 0.15) is 0 Å². The average Bonchev–Trinajstić information content (AvgIpc) is 2.49. The number of benzene rings is 2. The number of nitrogens with one attached hydrogen (secondary N) is 1. The van der Waals surface area contributed by atoms with Crippen molar-refractivity contribution in [2.24, 2.45) is 5.14 Å². The molecule has 0 radical (unpaired) electrons. The first-order valence-electron chi connectivity index (χ1n) is 6.76. The first kappa shape index (κ1) is 18.5. The van der Waals surface area contributed by atoms with E-state index in [1.807, 2.05) is 0 Å². The van der Waals surface area contributed by atoms with E-state index < -0.39 is 10.0 Å². The van der Waals surface area contributed by atoms with E-state index >= 15 is 0 Å². The van der Waals surface area contributed by atoms with E-state index in [4.69, 9.17) is 28.3 Å². The van der Waals surface area contributed by atoms with E-state index in [0.717, 1.165) is 5.56 Å². The summed E-state index contributed by atoms with van der Waals surface area (Å²) in [6, 6.07) is 11.4. The molecule has 2 aromatic rings. The van der Waals surface area contributed by atoms with Crippen molar-refractivity contribution in [2.75, 3.05) is 5.32 Å². The summed E-state index contributed by atoms with van der Waals surface area (Å²) in [4.78, 5) is 11.9. The van der Waals surface area contributed by atoms with Crippen LogP contribution in [-0.4, -0.2) is 14.3 Å². The van der Waals surface area contributed by atoms with Gasteiger partial charge < -0.3 is 5.32 Å². The standard InChI is InChI=1S/C16H14Cl2N2O3S/c17-14-7-3-11(9-15(14)18)4-8-16(21)20-13-5-1-12(2-6-13)10-24(19,22)23/h1-9H,10H2,(H,20,21)(H2,19,22,23)/b8-4+. The molecule has 0 bridgehead atoms. The predicted octanol–water partition coefficient (Wildman–Crippen LogP) is 3.43. The lowest BCUT2D eigenvalue weighted by atomic mass is 10.2. The number of sulfonamides is 1. The molecule has 0 aromatic heterocycles. The van der Waals surface area contributed by atoms with E-state index in [-0.39, 0.29) is 11.7 Å². The monoisotopic (exact) mass is 384 g/mol. The summed E-state index contributed by atoms with van der Waals surface area (Å²) in [5.74, 6) is -0.585. The van der Waals surface area contributed by atoms with Crippen LogP contribution in [0.15, 0.2) is 48.5 Å². The van der Waals surface area contributed by atoms with Crippen molar-refractivity contribution in [2.45, 2.75) is 5.75 Å². The van der Waals surface area contributed by atoms with Gasteiger partial charge in [0, 0.05) is 11.8 Å². The maximum atomic E-state index is 11.9. The van der Waals surface area contributed by atoms with Gasteiger partial charge in [0.2, 0.25) is 15.9 Å². The number of hydrogen-bond acceptors (Lipinski definition) is 3. The van der Waals surface area contributed by atoms with Crippen molar-refractivity contribution in [1.29, 1.82) is 0 Å². The van der Waals surface area contributed by atoms with Crippen LogP contribution in [-0.2, 0) is 20.6 Å². The quantitative estimate of drug-likeness (QED) is 0.773. The topological polar surface area (TPSA) is 89.3 Å².